The molecule has 0 saturated carbocycles. The van der Waals surface area contributed by atoms with Crippen molar-refractivity contribution in [2.45, 2.75) is 47.1 Å². The zero-order valence-electron chi connectivity index (χ0n) is 9.59. The maximum absolute atomic E-state index is 11.4. The third-order valence-electron chi connectivity index (χ3n) is 2.69. The fraction of sp³-hybridized carbons (Fsp3) is 0.636. The Hall–Kier alpha value is -1.12. The predicted octanol–water partition coefficient (Wildman–Crippen LogP) is 2.67. The molecule has 1 heterocycles. The standard InChI is InChI=1S/C11H18N2O/c1-6-7(2)13-9(4)11(10(5)14)8(3)12-13/h7H,6H2,1-5H3. The molecule has 1 rings (SSSR count). The number of nitrogens with zero attached hydrogens (tertiary/aromatic N) is 2. The van der Waals surface area contributed by atoms with E-state index in [4.69, 9.17) is 0 Å². The van der Waals surface area contributed by atoms with E-state index in [0.717, 1.165) is 23.4 Å². The van der Waals surface area contributed by atoms with Crippen LogP contribution < -0.4 is 0 Å². The molecule has 78 valence electrons. The molecule has 0 aromatic carbocycles. The maximum Gasteiger partial charge on any atom is 0.163 e. The fourth-order valence-electron chi connectivity index (χ4n) is 1.77. The van der Waals surface area contributed by atoms with Crippen molar-refractivity contribution in [2.24, 2.45) is 0 Å². The molecule has 0 spiro atoms. The second-order valence-electron chi connectivity index (χ2n) is 3.80. The zero-order valence-corrected chi connectivity index (χ0v) is 9.59. The van der Waals surface area contributed by atoms with Crippen LogP contribution in [0.5, 0.6) is 0 Å². The van der Waals surface area contributed by atoms with Crippen LogP contribution in [-0.2, 0) is 0 Å². The molecule has 1 unspecified atom stereocenters. The van der Waals surface area contributed by atoms with Gasteiger partial charge in [-0.05, 0) is 34.1 Å². The highest BCUT2D eigenvalue weighted by Gasteiger charge is 2.17. The van der Waals surface area contributed by atoms with Gasteiger partial charge >= 0.3 is 0 Å². The summed E-state index contributed by atoms with van der Waals surface area (Å²) in [5, 5.41) is 4.40. The first-order valence-corrected chi connectivity index (χ1v) is 5.05. The molecule has 1 aromatic heterocycles. The highest BCUT2D eigenvalue weighted by molar-refractivity contribution is 5.96. The van der Waals surface area contributed by atoms with Crippen LogP contribution in [0.15, 0.2) is 0 Å². The van der Waals surface area contributed by atoms with Gasteiger partial charge in [0, 0.05) is 11.7 Å². The van der Waals surface area contributed by atoms with Crippen LogP contribution in [0.1, 0.15) is 55.0 Å². The van der Waals surface area contributed by atoms with E-state index in [-0.39, 0.29) is 5.78 Å². The van der Waals surface area contributed by atoms with Crippen LogP contribution in [0.4, 0.5) is 0 Å². The van der Waals surface area contributed by atoms with Crippen molar-refractivity contribution in [3.05, 3.63) is 17.0 Å². The Bertz CT molecular complexity index is 352. The van der Waals surface area contributed by atoms with Crippen molar-refractivity contribution in [2.75, 3.05) is 0 Å². The van der Waals surface area contributed by atoms with Crippen molar-refractivity contribution in [1.29, 1.82) is 0 Å². The Morgan fingerprint density at radius 3 is 2.43 bits per heavy atom. The molecule has 14 heavy (non-hydrogen) atoms. The average molecular weight is 194 g/mol. The molecule has 0 amide bonds. The molecular weight excluding hydrogens is 176 g/mol. The molecule has 0 saturated heterocycles. The van der Waals surface area contributed by atoms with Gasteiger partial charge in [0.25, 0.3) is 0 Å². The van der Waals surface area contributed by atoms with Crippen molar-refractivity contribution in [3.63, 3.8) is 0 Å². The monoisotopic (exact) mass is 194 g/mol. The number of aromatic nitrogens is 2. The lowest BCUT2D eigenvalue weighted by Gasteiger charge is -2.11. The van der Waals surface area contributed by atoms with E-state index in [2.05, 4.69) is 18.9 Å². The van der Waals surface area contributed by atoms with Gasteiger partial charge < -0.3 is 0 Å². The number of carbonyl (C=O) groups is 1. The third-order valence-corrected chi connectivity index (χ3v) is 2.69. The first-order chi connectivity index (χ1) is 6.49. The second-order valence-corrected chi connectivity index (χ2v) is 3.80. The SMILES string of the molecule is CCC(C)n1nc(C)c(C(C)=O)c1C. The minimum atomic E-state index is 0.106. The highest BCUT2D eigenvalue weighted by Crippen LogP contribution is 2.19. The molecule has 3 nitrogen and oxygen atoms in total. The minimum Gasteiger partial charge on any atom is -0.294 e. The number of aryl methyl sites for hydroxylation is 1. The van der Waals surface area contributed by atoms with E-state index in [1.807, 2.05) is 18.5 Å². The topological polar surface area (TPSA) is 34.9 Å². The van der Waals surface area contributed by atoms with Crippen molar-refractivity contribution < 1.29 is 4.79 Å². The molecule has 0 aliphatic carbocycles. The number of Topliss-reactive ketones (excluding diaryl/α,β-unsaturated/α-hetero) is 1. The first kappa shape index (κ1) is 11.0. The minimum absolute atomic E-state index is 0.106. The van der Waals surface area contributed by atoms with Crippen molar-refractivity contribution >= 4 is 5.78 Å². The maximum atomic E-state index is 11.4. The number of carbonyl (C=O) groups excluding carboxylic acids is 1. The van der Waals surface area contributed by atoms with Gasteiger partial charge in [0.1, 0.15) is 0 Å². The molecule has 0 aliphatic rings. The van der Waals surface area contributed by atoms with E-state index >= 15 is 0 Å². The van der Waals surface area contributed by atoms with E-state index < -0.39 is 0 Å². The third kappa shape index (κ3) is 1.72. The largest absolute Gasteiger partial charge is 0.294 e. The summed E-state index contributed by atoms with van der Waals surface area (Å²) in [5.41, 5.74) is 2.62. The van der Waals surface area contributed by atoms with Gasteiger partial charge in [0.15, 0.2) is 5.78 Å². The molecule has 0 N–H and O–H groups in total. The normalized spacial score (nSPS) is 12.9. The summed E-state index contributed by atoms with van der Waals surface area (Å²) in [4.78, 5) is 11.4. The van der Waals surface area contributed by atoms with Crippen LogP contribution in [0.25, 0.3) is 0 Å². The Morgan fingerprint density at radius 1 is 1.50 bits per heavy atom. The van der Waals surface area contributed by atoms with E-state index in [1.165, 1.54) is 0 Å². The smallest absolute Gasteiger partial charge is 0.163 e. The van der Waals surface area contributed by atoms with Gasteiger partial charge in [-0.3, -0.25) is 9.48 Å². The number of hydrogen-bond acceptors (Lipinski definition) is 2. The van der Waals surface area contributed by atoms with E-state index in [9.17, 15) is 4.79 Å². The van der Waals surface area contributed by atoms with E-state index in [0.29, 0.717) is 6.04 Å². The van der Waals surface area contributed by atoms with Gasteiger partial charge in [-0.25, -0.2) is 0 Å². The summed E-state index contributed by atoms with van der Waals surface area (Å²) in [7, 11) is 0. The Morgan fingerprint density at radius 2 is 2.07 bits per heavy atom. The highest BCUT2D eigenvalue weighted by atomic mass is 16.1. The van der Waals surface area contributed by atoms with Crippen LogP contribution in [0.3, 0.4) is 0 Å². The lowest BCUT2D eigenvalue weighted by Crippen LogP contribution is -2.08. The number of hydrogen-bond donors (Lipinski definition) is 0. The summed E-state index contributed by atoms with van der Waals surface area (Å²) >= 11 is 0. The number of rotatable bonds is 3. The number of ketones is 1. The molecular formula is C11H18N2O. The molecule has 1 aromatic rings. The molecule has 0 radical (unpaired) electrons. The Labute approximate surface area is 85.1 Å². The molecule has 1 atom stereocenters. The van der Waals surface area contributed by atoms with Gasteiger partial charge in [-0.1, -0.05) is 6.92 Å². The fourth-order valence-corrected chi connectivity index (χ4v) is 1.77. The summed E-state index contributed by atoms with van der Waals surface area (Å²) in [6, 6.07) is 0.363. The van der Waals surface area contributed by atoms with Crippen molar-refractivity contribution in [3.8, 4) is 0 Å². The lowest BCUT2D eigenvalue weighted by molar-refractivity contribution is 0.101. The Balaban J connectivity index is 3.23. The molecule has 3 heteroatoms. The summed E-state index contributed by atoms with van der Waals surface area (Å²) in [6.45, 7) is 9.68. The quantitative estimate of drug-likeness (QED) is 0.693. The molecule has 0 fully saturated rings. The first-order valence-electron chi connectivity index (χ1n) is 5.05. The summed E-state index contributed by atoms with van der Waals surface area (Å²) < 4.78 is 1.95. The van der Waals surface area contributed by atoms with Crippen molar-refractivity contribution in [1.82, 2.24) is 9.78 Å². The molecule has 0 aliphatic heterocycles. The van der Waals surface area contributed by atoms with Gasteiger partial charge in [0.2, 0.25) is 0 Å². The average Bonchev–Trinajstić information content (AvgIpc) is 2.40. The van der Waals surface area contributed by atoms with Crippen LogP contribution >= 0.6 is 0 Å². The zero-order chi connectivity index (χ0) is 10.9. The van der Waals surface area contributed by atoms with E-state index in [1.54, 1.807) is 6.92 Å². The van der Waals surface area contributed by atoms with Gasteiger partial charge in [-0.2, -0.15) is 5.10 Å². The summed E-state index contributed by atoms with van der Waals surface area (Å²) in [5.74, 6) is 0.106. The van der Waals surface area contributed by atoms with Crippen LogP contribution in [0.2, 0.25) is 0 Å². The predicted molar refractivity (Wildman–Crippen MR) is 56.7 cm³/mol. The van der Waals surface area contributed by atoms with Gasteiger partial charge in [-0.15, -0.1) is 0 Å². The summed E-state index contributed by atoms with van der Waals surface area (Å²) in [6.07, 6.45) is 1.03. The van der Waals surface area contributed by atoms with Crippen LogP contribution in [-0.4, -0.2) is 15.6 Å². The lowest BCUT2D eigenvalue weighted by atomic mass is 10.1. The Kier molecular flexibility index (Phi) is 3.09. The van der Waals surface area contributed by atoms with Crippen LogP contribution in [0, 0.1) is 13.8 Å². The van der Waals surface area contributed by atoms with Gasteiger partial charge in [0.05, 0.1) is 11.3 Å². The molecule has 0 bridgehead atoms. The second kappa shape index (κ2) is 3.95.